The van der Waals surface area contributed by atoms with Gasteiger partial charge in [-0.1, -0.05) is 35.3 Å². The van der Waals surface area contributed by atoms with Crippen molar-refractivity contribution in [1.29, 1.82) is 0 Å². The zero-order valence-electron chi connectivity index (χ0n) is 28.9. The fraction of sp³-hybridized carbons (Fsp3) is 0.222. The van der Waals surface area contributed by atoms with E-state index in [1.54, 1.807) is 66.7 Å². The minimum atomic E-state index is -1.47. The first-order valence-corrected chi connectivity index (χ1v) is 16.1. The van der Waals surface area contributed by atoms with Crippen LogP contribution in [0, 0.1) is 0 Å². The first kappa shape index (κ1) is 38.9. The normalized spacial score (nSPS) is 12.2. The molecule has 0 bridgehead atoms. The van der Waals surface area contributed by atoms with Crippen molar-refractivity contribution in [3.8, 4) is 34.1 Å². The van der Waals surface area contributed by atoms with Crippen LogP contribution in [0.15, 0.2) is 93.3 Å². The molecule has 0 radical (unpaired) electrons. The number of hydrogen-bond acceptors (Lipinski definition) is 12. The summed E-state index contributed by atoms with van der Waals surface area (Å²) in [5.74, 6) is -0.722. The number of Topliss-reactive ketones (excluding diaryl/α,β-unsaturated/α-hetero) is 2. The maximum absolute atomic E-state index is 12.9. The number of halogens is 2. The summed E-state index contributed by atoms with van der Waals surface area (Å²) >= 11 is 13.1. The molecular weight excluding hydrogens is 715 g/mol. The third-order valence-electron chi connectivity index (χ3n) is 7.35. The van der Waals surface area contributed by atoms with E-state index in [0.717, 1.165) is 0 Å². The third kappa shape index (κ3) is 9.68. The largest absolute Gasteiger partial charge is 0.493 e. The van der Waals surface area contributed by atoms with Crippen molar-refractivity contribution in [2.45, 2.75) is 25.9 Å². The number of benzene rings is 4. The smallest absolute Gasteiger partial charge is 0.258 e. The SMILES string of the molecule is COc1ccc(NC(=O)C(N=Nc2ccc(-c3cc(Cl)c(N=NC(C(C)=O)C(=O)Nc4ccc(OC)c(OC)c4)cc3Cl)cc2)C(C)=O)cc1OC. The zero-order valence-corrected chi connectivity index (χ0v) is 30.4. The van der Waals surface area contributed by atoms with Crippen LogP contribution in [0.25, 0.3) is 11.1 Å². The van der Waals surface area contributed by atoms with Crippen molar-refractivity contribution in [3.63, 3.8) is 0 Å². The van der Waals surface area contributed by atoms with E-state index in [1.165, 1.54) is 48.4 Å². The Morgan fingerprint density at radius 1 is 0.577 bits per heavy atom. The predicted molar refractivity (Wildman–Crippen MR) is 196 cm³/mol. The summed E-state index contributed by atoms with van der Waals surface area (Å²) in [6, 6.07) is 16.3. The van der Waals surface area contributed by atoms with E-state index in [1.807, 2.05) is 0 Å². The minimum Gasteiger partial charge on any atom is -0.493 e. The Kier molecular flexibility index (Phi) is 13.4. The van der Waals surface area contributed by atoms with E-state index >= 15 is 0 Å². The average molecular weight is 750 g/mol. The van der Waals surface area contributed by atoms with Crippen LogP contribution >= 0.6 is 23.2 Å². The second-order valence-electron chi connectivity index (χ2n) is 10.9. The van der Waals surface area contributed by atoms with Crippen molar-refractivity contribution in [2.24, 2.45) is 20.5 Å². The highest BCUT2D eigenvalue weighted by Gasteiger charge is 2.25. The van der Waals surface area contributed by atoms with Gasteiger partial charge in [-0.2, -0.15) is 20.5 Å². The van der Waals surface area contributed by atoms with Crippen LogP contribution in [0.4, 0.5) is 22.7 Å². The van der Waals surface area contributed by atoms with Gasteiger partial charge in [0, 0.05) is 29.1 Å². The van der Waals surface area contributed by atoms with Gasteiger partial charge in [-0.25, -0.2) is 0 Å². The van der Waals surface area contributed by atoms with Gasteiger partial charge in [0.25, 0.3) is 11.8 Å². The second-order valence-corrected chi connectivity index (χ2v) is 11.7. The maximum atomic E-state index is 12.9. The van der Waals surface area contributed by atoms with E-state index in [2.05, 4.69) is 31.1 Å². The molecular formula is C36H34Cl2N6O8. The molecule has 2 N–H and O–H groups in total. The molecule has 16 heteroatoms. The molecule has 0 aliphatic carbocycles. The summed E-state index contributed by atoms with van der Waals surface area (Å²) in [6.07, 6.45) is 0. The molecule has 0 heterocycles. The zero-order chi connectivity index (χ0) is 37.9. The Bertz CT molecular complexity index is 2040. The molecule has 4 rings (SSSR count). The summed E-state index contributed by atoms with van der Waals surface area (Å²) in [5, 5.41) is 21.8. The number of ether oxygens (including phenoxy) is 4. The highest BCUT2D eigenvalue weighted by molar-refractivity contribution is 6.37. The van der Waals surface area contributed by atoms with Gasteiger partial charge in [-0.3, -0.25) is 19.2 Å². The number of amides is 2. The van der Waals surface area contributed by atoms with E-state index in [4.69, 9.17) is 42.1 Å². The van der Waals surface area contributed by atoms with E-state index in [-0.39, 0.29) is 15.7 Å². The molecule has 0 aliphatic heterocycles. The van der Waals surface area contributed by atoms with Gasteiger partial charge < -0.3 is 29.6 Å². The van der Waals surface area contributed by atoms with Crippen molar-refractivity contribution in [2.75, 3.05) is 39.1 Å². The molecule has 0 spiro atoms. The lowest BCUT2D eigenvalue weighted by Crippen LogP contribution is -2.31. The van der Waals surface area contributed by atoms with Crippen LogP contribution in [0.2, 0.25) is 10.0 Å². The lowest BCUT2D eigenvalue weighted by molar-refractivity contribution is -0.127. The number of carbonyl (C=O) groups excluding carboxylic acids is 4. The molecule has 0 fully saturated rings. The number of rotatable bonds is 15. The fourth-order valence-electron chi connectivity index (χ4n) is 4.67. The third-order valence-corrected chi connectivity index (χ3v) is 7.97. The monoisotopic (exact) mass is 748 g/mol. The van der Waals surface area contributed by atoms with Gasteiger partial charge >= 0.3 is 0 Å². The standard InChI is InChI=1S/C36H34Cl2N6O8/c1-19(45)33(35(47)39-23-11-13-29(49-3)31(15-23)51-5)43-41-22-9-7-21(8-10-22)25-17-27(38)28(18-26(25)37)42-44-34(20(2)46)36(48)40-24-12-14-30(50-4)32(16-24)52-6/h7-18,33-34H,1-6H3,(H,39,47)(H,40,48). The van der Waals surface area contributed by atoms with Gasteiger partial charge in [0.1, 0.15) is 5.69 Å². The van der Waals surface area contributed by atoms with Crippen LogP contribution < -0.4 is 29.6 Å². The topological polar surface area (TPSA) is 179 Å². The highest BCUT2D eigenvalue weighted by atomic mass is 35.5. The maximum Gasteiger partial charge on any atom is 0.258 e. The minimum absolute atomic E-state index is 0.132. The Morgan fingerprint density at radius 3 is 1.48 bits per heavy atom. The summed E-state index contributed by atoms with van der Waals surface area (Å²) in [6.45, 7) is 2.46. The molecule has 4 aromatic rings. The lowest BCUT2D eigenvalue weighted by Gasteiger charge is -2.13. The van der Waals surface area contributed by atoms with E-state index < -0.39 is 35.5 Å². The Hall–Kier alpha value is -5.86. The number of carbonyl (C=O) groups is 4. The number of nitrogens with zero attached hydrogens (tertiary/aromatic N) is 4. The average Bonchev–Trinajstić information content (AvgIpc) is 3.12. The molecule has 270 valence electrons. The Labute approximate surface area is 309 Å². The molecule has 52 heavy (non-hydrogen) atoms. The van der Waals surface area contributed by atoms with Gasteiger partial charge in [0.05, 0.1) is 44.2 Å². The van der Waals surface area contributed by atoms with Crippen LogP contribution in [0.3, 0.4) is 0 Å². The number of nitrogens with one attached hydrogen (secondary N) is 2. The molecule has 2 amide bonds. The molecule has 2 unspecified atom stereocenters. The van der Waals surface area contributed by atoms with E-state index in [9.17, 15) is 19.2 Å². The van der Waals surface area contributed by atoms with Gasteiger partial charge in [0.2, 0.25) is 12.1 Å². The molecule has 0 aromatic heterocycles. The fourth-order valence-corrected chi connectivity index (χ4v) is 5.14. The number of anilines is 2. The summed E-state index contributed by atoms with van der Waals surface area (Å²) in [4.78, 5) is 50.4. The Balaban J connectivity index is 1.46. The first-order valence-electron chi connectivity index (χ1n) is 15.4. The van der Waals surface area contributed by atoms with Crippen LogP contribution in [0.1, 0.15) is 13.8 Å². The first-order chi connectivity index (χ1) is 24.9. The molecule has 14 nitrogen and oxygen atoms in total. The summed E-state index contributed by atoms with van der Waals surface area (Å²) < 4.78 is 20.9. The second kappa shape index (κ2) is 17.9. The number of methoxy groups -OCH3 is 4. The summed E-state index contributed by atoms with van der Waals surface area (Å²) in [5.41, 5.74) is 2.43. The van der Waals surface area contributed by atoms with Crippen molar-refractivity contribution in [3.05, 3.63) is 82.8 Å². The number of azo groups is 2. The Morgan fingerprint density at radius 2 is 1.04 bits per heavy atom. The molecule has 2 atom stereocenters. The quantitative estimate of drug-likeness (QED) is 0.0905. The molecule has 0 saturated carbocycles. The van der Waals surface area contributed by atoms with E-state index in [0.29, 0.717) is 51.2 Å². The van der Waals surface area contributed by atoms with Crippen LogP contribution in [-0.2, 0) is 19.2 Å². The highest BCUT2D eigenvalue weighted by Crippen LogP contribution is 2.38. The molecule has 0 saturated heterocycles. The molecule has 4 aromatic carbocycles. The lowest BCUT2D eigenvalue weighted by atomic mass is 10.0. The van der Waals surface area contributed by atoms with Crippen LogP contribution in [0.5, 0.6) is 23.0 Å². The van der Waals surface area contributed by atoms with Gasteiger partial charge in [0.15, 0.2) is 34.6 Å². The van der Waals surface area contributed by atoms with Crippen molar-refractivity contribution >= 4 is 69.3 Å². The van der Waals surface area contributed by atoms with Gasteiger partial charge in [-0.15, -0.1) is 0 Å². The van der Waals surface area contributed by atoms with Crippen LogP contribution in [-0.4, -0.2) is 63.9 Å². The van der Waals surface area contributed by atoms with Crippen molar-refractivity contribution in [1.82, 2.24) is 0 Å². The summed E-state index contributed by atoms with van der Waals surface area (Å²) in [7, 11) is 5.90. The van der Waals surface area contributed by atoms with Gasteiger partial charge in [-0.05, 0) is 67.9 Å². The van der Waals surface area contributed by atoms with Crippen molar-refractivity contribution < 1.29 is 38.1 Å². The number of hydrogen-bond donors (Lipinski definition) is 2. The number of ketones is 2. The predicted octanol–water partition coefficient (Wildman–Crippen LogP) is 8.05. The molecule has 0 aliphatic rings.